The van der Waals surface area contributed by atoms with E-state index in [0.29, 0.717) is 11.3 Å². The number of rotatable bonds is 7. The van der Waals surface area contributed by atoms with Crippen LogP contribution in [0.15, 0.2) is 47.6 Å². The summed E-state index contributed by atoms with van der Waals surface area (Å²) in [7, 11) is -4.38. The number of amides is 1. The van der Waals surface area contributed by atoms with E-state index in [2.05, 4.69) is 26.3 Å². The number of carbonyl (C=O) groups excluding carboxylic acids is 1. The van der Waals surface area contributed by atoms with Gasteiger partial charge in [0, 0.05) is 36.8 Å². The molecule has 1 aromatic carbocycles. The van der Waals surface area contributed by atoms with Crippen LogP contribution in [0.25, 0.3) is 11.3 Å². The molecule has 3 heterocycles. The number of sulfonamides is 1. The number of alkyl halides is 4. The number of aromatic nitrogens is 3. The molecule has 1 amide bonds. The van der Waals surface area contributed by atoms with Gasteiger partial charge in [0.15, 0.2) is 0 Å². The number of carbonyl (C=O) groups is 1. The summed E-state index contributed by atoms with van der Waals surface area (Å²) in [6, 6.07) is 6.17. The third kappa shape index (κ3) is 5.22. The summed E-state index contributed by atoms with van der Waals surface area (Å²) in [6.45, 7) is -0.261. The van der Waals surface area contributed by atoms with Gasteiger partial charge in [-0.3, -0.25) is 9.78 Å². The van der Waals surface area contributed by atoms with Crippen LogP contribution >= 0.6 is 0 Å². The largest absolute Gasteiger partial charge is 0.451 e. The quantitative estimate of drug-likeness (QED) is 0.389. The fourth-order valence-corrected chi connectivity index (χ4v) is 7.56. The van der Waals surface area contributed by atoms with E-state index in [-0.39, 0.29) is 53.4 Å². The molecule has 2 saturated carbocycles. The molecule has 224 valence electrons. The minimum absolute atomic E-state index is 0.0485. The van der Waals surface area contributed by atoms with Crippen molar-refractivity contribution in [2.75, 3.05) is 0 Å². The number of nitriles is 1. The average molecular weight is 619 g/mol. The lowest BCUT2D eigenvalue weighted by Crippen LogP contribution is -2.50. The van der Waals surface area contributed by atoms with Crippen LogP contribution in [-0.2, 0) is 27.5 Å². The molecule has 43 heavy (non-hydrogen) atoms. The molecule has 2 aliphatic carbocycles. The highest BCUT2D eigenvalue weighted by Gasteiger charge is 2.67. The molecule has 3 aliphatic rings. The van der Waals surface area contributed by atoms with Crippen molar-refractivity contribution in [2.24, 2.45) is 0 Å². The number of hydrogen-bond acceptors (Lipinski definition) is 7. The Morgan fingerprint density at radius 3 is 2.35 bits per heavy atom. The van der Waals surface area contributed by atoms with Gasteiger partial charge >= 0.3 is 6.18 Å². The molecular weight excluding hydrogens is 595 g/mol. The highest BCUT2D eigenvalue weighted by molar-refractivity contribution is 7.89. The fourth-order valence-electron chi connectivity index (χ4n) is 5.56. The van der Waals surface area contributed by atoms with E-state index in [1.807, 2.05) is 0 Å². The first-order chi connectivity index (χ1) is 20.3. The second kappa shape index (κ2) is 10.3. The maximum absolute atomic E-state index is 15.2. The molecule has 2 aromatic heterocycles. The Balaban J connectivity index is 1.29. The Hall–Kier alpha value is -4.03. The molecule has 3 fully saturated rings. The molecule has 0 bridgehead atoms. The van der Waals surface area contributed by atoms with Crippen LogP contribution in [0.5, 0.6) is 0 Å². The summed E-state index contributed by atoms with van der Waals surface area (Å²) < 4.78 is 95.6. The van der Waals surface area contributed by atoms with Crippen LogP contribution in [-0.4, -0.2) is 51.3 Å². The SMILES string of the molecule is N#Cc1c(CNC(=O)[C@@H]2C[C@@H](F)C3(CC3)N2S(=O)(=O)c2ccc(F)cc2)cc(-c2cnc(C(F)(F)F)nc2)nc1C1CC1. The van der Waals surface area contributed by atoms with Gasteiger partial charge in [-0.1, -0.05) is 0 Å². The van der Waals surface area contributed by atoms with Crippen molar-refractivity contribution >= 4 is 15.9 Å². The van der Waals surface area contributed by atoms with Crippen LogP contribution in [0, 0.1) is 17.1 Å². The van der Waals surface area contributed by atoms with Crippen molar-refractivity contribution < 1.29 is 35.2 Å². The molecule has 1 N–H and O–H groups in total. The molecular formula is C28H23F5N6O3S. The fraction of sp³-hybridized carbons (Fsp3) is 0.393. The van der Waals surface area contributed by atoms with E-state index >= 15 is 4.39 Å². The predicted octanol–water partition coefficient (Wildman–Crippen LogP) is 4.40. The zero-order valence-corrected chi connectivity index (χ0v) is 23.1. The van der Waals surface area contributed by atoms with Crippen LogP contribution < -0.4 is 5.32 Å². The number of benzene rings is 1. The van der Waals surface area contributed by atoms with Crippen molar-refractivity contribution in [3.05, 3.63) is 71.2 Å². The molecule has 1 saturated heterocycles. The standard InChI is InChI=1S/C28H23F5N6O3S/c29-18-3-5-19(6-4-18)43(41,42)39-22(10-23(30)27(39)7-8-27)25(40)35-12-16-9-21(38-24(15-1-2-15)20(16)11-34)17-13-36-26(37-14-17)28(31,32)33/h3-6,9,13-15,22-23H,1-2,7-8,10,12H2,(H,35,40)/t22-,23+/m0/s1. The second-order valence-corrected chi connectivity index (χ2v) is 12.7. The lowest BCUT2D eigenvalue weighted by Gasteiger charge is -2.29. The summed E-state index contributed by atoms with van der Waals surface area (Å²) in [5.74, 6) is -2.81. The highest BCUT2D eigenvalue weighted by Crippen LogP contribution is 2.55. The van der Waals surface area contributed by atoms with Gasteiger partial charge in [-0.2, -0.15) is 22.7 Å². The number of pyridine rings is 1. The Labute approximate surface area is 242 Å². The van der Waals surface area contributed by atoms with E-state index < -0.39 is 51.5 Å². The molecule has 1 aliphatic heterocycles. The van der Waals surface area contributed by atoms with E-state index in [0.717, 1.165) is 53.8 Å². The number of nitrogens with zero attached hydrogens (tertiary/aromatic N) is 5. The molecule has 0 radical (unpaired) electrons. The molecule has 1 spiro atoms. The summed E-state index contributed by atoms with van der Waals surface area (Å²) in [6.07, 6.45) is -2.82. The normalized spacial score (nSPS) is 21.5. The zero-order valence-electron chi connectivity index (χ0n) is 22.3. The minimum Gasteiger partial charge on any atom is -0.351 e. The van der Waals surface area contributed by atoms with Gasteiger partial charge in [0.05, 0.1) is 27.4 Å². The van der Waals surface area contributed by atoms with Crippen molar-refractivity contribution in [2.45, 2.75) is 73.4 Å². The van der Waals surface area contributed by atoms with Gasteiger partial charge in [-0.15, -0.1) is 0 Å². The number of nitrogens with one attached hydrogen (secondary N) is 1. The van der Waals surface area contributed by atoms with Crippen LogP contribution in [0.1, 0.15) is 60.7 Å². The maximum Gasteiger partial charge on any atom is 0.451 e. The molecule has 2 atom stereocenters. The number of halogens is 5. The monoisotopic (exact) mass is 618 g/mol. The number of hydrogen-bond donors (Lipinski definition) is 1. The summed E-state index contributed by atoms with van der Waals surface area (Å²) in [5.41, 5.74) is -0.101. The zero-order chi connectivity index (χ0) is 30.7. The molecule has 0 unspecified atom stereocenters. The first-order valence-corrected chi connectivity index (χ1v) is 14.8. The van der Waals surface area contributed by atoms with Crippen LogP contribution in [0.2, 0.25) is 0 Å². The van der Waals surface area contributed by atoms with Crippen molar-refractivity contribution in [1.29, 1.82) is 5.26 Å². The van der Waals surface area contributed by atoms with Gasteiger partial charge in [0.25, 0.3) is 0 Å². The Morgan fingerprint density at radius 1 is 1.14 bits per heavy atom. The molecule has 3 aromatic rings. The van der Waals surface area contributed by atoms with E-state index in [1.54, 1.807) is 0 Å². The summed E-state index contributed by atoms with van der Waals surface area (Å²) in [4.78, 5) is 24.4. The molecule has 6 rings (SSSR count). The van der Waals surface area contributed by atoms with Gasteiger partial charge in [0.2, 0.25) is 21.8 Å². The Bertz CT molecular complexity index is 1730. The maximum atomic E-state index is 15.2. The van der Waals surface area contributed by atoms with Crippen molar-refractivity contribution in [3.63, 3.8) is 0 Å². The summed E-state index contributed by atoms with van der Waals surface area (Å²) in [5, 5.41) is 12.6. The second-order valence-electron chi connectivity index (χ2n) is 10.9. The summed E-state index contributed by atoms with van der Waals surface area (Å²) >= 11 is 0. The van der Waals surface area contributed by atoms with E-state index in [1.165, 1.54) is 6.07 Å². The van der Waals surface area contributed by atoms with Crippen molar-refractivity contribution in [3.8, 4) is 17.3 Å². The van der Waals surface area contributed by atoms with Crippen LogP contribution in [0.4, 0.5) is 22.0 Å². The topological polar surface area (TPSA) is 129 Å². The lowest BCUT2D eigenvalue weighted by molar-refractivity contribution is -0.145. The van der Waals surface area contributed by atoms with Crippen molar-refractivity contribution in [1.82, 2.24) is 24.6 Å². The van der Waals surface area contributed by atoms with Gasteiger partial charge in [-0.05, 0) is 61.6 Å². The third-order valence-electron chi connectivity index (χ3n) is 8.03. The van der Waals surface area contributed by atoms with Gasteiger partial charge in [-0.25, -0.2) is 27.2 Å². The third-order valence-corrected chi connectivity index (χ3v) is 10.0. The predicted molar refractivity (Wildman–Crippen MR) is 139 cm³/mol. The smallest absolute Gasteiger partial charge is 0.351 e. The minimum atomic E-state index is -4.73. The average Bonchev–Trinajstić information content (AvgIpc) is 3.90. The van der Waals surface area contributed by atoms with Gasteiger partial charge < -0.3 is 5.32 Å². The van der Waals surface area contributed by atoms with E-state index in [9.17, 15) is 36.0 Å². The van der Waals surface area contributed by atoms with E-state index in [4.69, 9.17) is 0 Å². The molecule has 15 heteroatoms. The molecule has 9 nitrogen and oxygen atoms in total. The Morgan fingerprint density at radius 2 is 1.79 bits per heavy atom. The Kier molecular flexibility index (Phi) is 6.96. The van der Waals surface area contributed by atoms with Gasteiger partial charge in [0.1, 0.15) is 24.1 Å². The van der Waals surface area contributed by atoms with Crippen LogP contribution in [0.3, 0.4) is 0 Å². The highest BCUT2D eigenvalue weighted by atomic mass is 32.2. The first-order valence-electron chi connectivity index (χ1n) is 13.4. The first kappa shape index (κ1) is 29.1. The lowest BCUT2D eigenvalue weighted by atomic mass is 10.0.